The number of nitrogens with zero attached hydrogens (tertiary/aromatic N) is 2. The van der Waals surface area contributed by atoms with Crippen LogP contribution >= 0.6 is 23.2 Å². The summed E-state index contributed by atoms with van der Waals surface area (Å²) in [5, 5.41) is 3.18. The molecule has 0 radical (unpaired) electrons. The van der Waals surface area contributed by atoms with Crippen molar-refractivity contribution in [2.24, 2.45) is 0 Å². The molecular weight excluding hydrogens is 292 g/mol. The molecule has 0 saturated carbocycles. The Kier molecular flexibility index (Phi) is 4.52. The summed E-state index contributed by atoms with van der Waals surface area (Å²) >= 11 is 11.5. The van der Waals surface area contributed by atoms with Gasteiger partial charge in [0.15, 0.2) is 0 Å². The average molecular weight is 302 g/mol. The van der Waals surface area contributed by atoms with E-state index in [0.717, 1.165) is 0 Å². The third kappa shape index (κ3) is 3.76. The second kappa shape index (κ2) is 6.14. The number of methoxy groups -OCH3 is 1. The summed E-state index contributed by atoms with van der Waals surface area (Å²) in [7, 11) is 1.55. The van der Waals surface area contributed by atoms with Crippen molar-refractivity contribution in [3.05, 3.63) is 46.0 Å². The van der Waals surface area contributed by atoms with E-state index in [1.807, 2.05) is 0 Å². The highest BCUT2D eigenvalue weighted by molar-refractivity contribution is 6.30. The molecule has 1 aromatic carbocycles. The molecule has 0 unspecified atom stereocenters. The number of benzene rings is 1. The van der Waals surface area contributed by atoms with Crippen LogP contribution in [0.2, 0.25) is 10.2 Å². The van der Waals surface area contributed by atoms with Gasteiger partial charge in [-0.25, -0.2) is 14.4 Å². The zero-order valence-corrected chi connectivity index (χ0v) is 11.5. The van der Waals surface area contributed by atoms with Crippen LogP contribution in [0.25, 0.3) is 0 Å². The van der Waals surface area contributed by atoms with Gasteiger partial charge in [-0.3, -0.25) is 0 Å². The summed E-state index contributed by atoms with van der Waals surface area (Å²) in [5.74, 6) is -0.257. The number of rotatable bonds is 4. The van der Waals surface area contributed by atoms with Crippen LogP contribution < -0.4 is 5.32 Å². The first kappa shape index (κ1) is 14.0. The van der Waals surface area contributed by atoms with Gasteiger partial charge in [-0.1, -0.05) is 23.2 Å². The van der Waals surface area contributed by atoms with Crippen LogP contribution in [0, 0.1) is 5.82 Å². The van der Waals surface area contributed by atoms with Gasteiger partial charge in [-0.15, -0.1) is 0 Å². The third-order valence-electron chi connectivity index (χ3n) is 2.22. The highest BCUT2D eigenvalue weighted by atomic mass is 35.5. The Labute approximate surface area is 119 Å². The Bertz CT molecular complexity index is 595. The first-order valence-corrected chi connectivity index (χ1v) is 6.08. The molecule has 0 atom stereocenters. The Morgan fingerprint density at radius 1 is 1.26 bits per heavy atom. The van der Waals surface area contributed by atoms with Crippen molar-refractivity contribution < 1.29 is 9.13 Å². The Morgan fingerprint density at radius 3 is 2.74 bits per heavy atom. The van der Waals surface area contributed by atoms with E-state index in [-0.39, 0.29) is 16.1 Å². The van der Waals surface area contributed by atoms with Gasteiger partial charge in [0.05, 0.1) is 17.3 Å². The van der Waals surface area contributed by atoms with E-state index in [4.69, 9.17) is 27.9 Å². The standard InChI is InChI=1S/C12H10Cl2FN3O/c1-19-6-8-5-11(14)18-12(17-8)16-7-2-3-9(13)10(15)4-7/h2-5H,6H2,1H3,(H,16,17,18). The molecule has 19 heavy (non-hydrogen) atoms. The number of nitrogens with one attached hydrogen (secondary N) is 1. The van der Waals surface area contributed by atoms with Crippen LogP contribution in [-0.2, 0) is 11.3 Å². The molecule has 0 saturated heterocycles. The molecule has 0 aliphatic rings. The van der Waals surface area contributed by atoms with Crippen LogP contribution in [0.15, 0.2) is 24.3 Å². The molecule has 1 aromatic heterocycles. The summed E-state index contributed by atoms with van der Waals surface area (Å²) in [6.45, 7) is 0.311. The molecule has 0 fully saturated rings. The van der Waals surface area contributed by atoms with E-state index in [9.17, 15) is 4.39 Å². The molecule has 1 heterocycles. The molecule has 7 heteroatoms. The topological polar surface area (TPSA) is 47.0 Å². The van der Waals surface area contributed by atoms with Crippen molar-refractivity contribution in [3.8, 4) is 0 Å². The van der Waals surface area contributed by atoms with Crippen molar-refractivity contribution in [2.45, 2.75) is 6.61 Å². The summed E-state index contributed by atoms with van der Waals surface area (Å²) in [4.78, 5) is 8.18. The first-order chi connectivity index (χ1) is 9.08. The maximum atomic E-state index is 13.3. The maximum absolute atomic E-state index is 13.3. The molecular formula is C12H10Cl2FN3O. The fraction of sp³-hybridized carbons (Fsp3) is 0.167. The lowest BCUT2D eigenvalue weighted by atomic mass is 10.3. The van der Waals surface area contributed by atoms with Crippen molar-refractivity contribution in [1.82, 2.24) is 9.97 Å². The van der Waals surface area contributed by atoms with Crippen molar-refractivity contribution in [3.63, 3.8) is 0 Å². The number of ether oxygens (including phenoxy) is 1. The molecule has 4 nitrogen and oxygen atoms in total. The largest absolute Gasteiger partial charge is 0.378 e. The van der Waals surface area contributed by atoms with Gasteiger partial charge < -0.3 is 10.1 Å². The minimum Gasteiger partial charge on any atom is -0.378 e. The molecule has 2 aromatic rings. The number of aromatic nitrogens is 2. The highest BCUT2D eigenvalue weighted by Gasteiger charge is 2.06. The Balaban J connectivity index is 2.24. The Hall–Kier alpha value is -1.43. The SMILES string of the molecule is COCc1cc(Cl)nc(Nc2ccc(Cl)c(F)c2)n1. The van der Waals surface area contributed by atoms with Crippen LogP contribution in [0.4, 0.5) is 16.0 Å². The number of anilines is 2. The fourth-order valence-electron chi connectivity index (χ4n) is 1.44. The van der Waals surface area contributed by atoms with Crippen LogP contribution in [0.1, 0.15) is 5.69 Å². The monoisotopic (exact) mass is 301 g/mol. The number of hydrogen-bond acceptors (Lipinski definition) is 4. The van der Waals surface area contributed by atoms with Gasteiger partial charge in [-0.2, -0.15) is 0 Å². The van der Waals surface area contributed by atoms with Gasteiger partial charge >= 0.3 is 0 Å². The van der Waals surface area contributed by atoms with Crippen LogP contribution in [-0.4, -0.2) is 17.1 Å². The fourth-order valence-corrected chi connectivity index (χ4v) is 1.77. The summed E-state index contributed by atoms with van der Waals surface area (Å²) in [6, 6.07) is 5.91. The zero-order chi connectivity index (χ0) is 13.8. The average Bonchev–Trinajstić information content (AvgIpc) is 2.33. The molecule has 0 spiro atoms. The predicted molar refractivity (Wildman–Crippen MR) is 72.4 cm³/mol. The van der Waals surface area contributed by atoms with E-state index in [1.165, 1.54) is 12.1 Å². The van der Waals surface area contributed by atoms with Crippen LogP contribution in [0.3, 0.4) is 0 Å². The summed E-state index contributed by atoms with van der Waals surface area (Å²) in [6.07, 6.45) is 0. The summed E-state index contributed by atoms with van der Waals surface area (Å²) < 4.78 is 18.3. The minimum atomic E-state index is -0.522. The minimum absolute atomic E-state index is 0.0534. The van der Waals surface area contributed by atoms with Gasteiger partial charge in [0.25, 0.3) is 0 Å². The first-order valence-electron chi connectivity index (χ1n) is 5.33. The smallest absolute Gasteiger partial charge is 0.228 e. The molecule has 0 aliphatic heterocycles. The van der Waals surface area contributed by atoms with Gasteiger partial charge in [-0.05, 0) is 24.3 Å². The normalized spacial score (nSPS) is 10.5. The third-order valence-corrected chi connectivity index (χ3v) is 2.72. The van der Waals surface area contributed by atoms with E-state index in [0.29, 0.717) is 18.0 Å². The van der Waals surface area contributed by atoms with Gasteiger partial charge in [0.1, 0.15) is 11.0 Å². The lowest BCUT2D eigenvalue weighted by Gasteiger charge is -2.07. The predicted octanol–water partition coefficient (Wildman–Crippen LogP) is 3.81. The Morgan fingerprint density at radius 2 is 2.05 bits per heavy atom. The molecule has 0 aliphatic carbocycles. The van der Waals surface area contributed by atoms with Crippen molar-refractivity contribution in [2.75, 3.05) is 12.4 Å². The van der Waals surface area contributed by atoms with E-state index < -0.39 is 5.82 Å². The second-order valence-electron chi connectivity index (χ2n) is 3.69. The summed E-state index contributed by atoms with van der Waals surface area (Å²) in [5.41, 5.74) is 1.10. The molecule has 0 bridgehead atoms. The maximum Gasteiger partial charge on any atom is 0.228 e. The van der Waals surface area contributed by atoms with E-state index >= 15 is 0 Å². The highest BCUT2D eigenvalue weighted by Crippen LogP contribution is 2.21. The zero-order valence-electron chi connectivity index (χ0n) is 9.95. The molecule has 100 valence electrons. The van der Waals surface area contributed by atoms with E-state index in [2.05, 4.69) is 15.3 Å². The molecule has 1 N–H and O–H groups in total. The van der Waals surface area contributed by atoms with Gasteiger partial charge in [0, 0.05) is 12.8 Å². The lowest BCUT2D eigenvalue weighted by molar-refractivity contribution is 0.181. The number of hydrogen-bond donors (Lipinski definition) is 1. The molecule has 0 amide bonds. The molecule has 2 rings (SSSR count). The van der Waals surface area contributed by atoms with Crippen LogP contribution in [0.5, 0.6) is 0 Å². The van der Waals surface area contributed by atoms with Crippen molar-refractivity contribution in [1.29, 1.82) is 0 Å². The van der Waals surface area contributed by atoms with Gasteiger partial charge in [0.2, 0.25) is 5.95 Å². The second-order valence-corrected chi connectivity index (χ2v) is 4.49. The van der Waals surface area contributed by atoms with E-state index in [1.54, 1.807) is 19.2 Å². The quantitative estimate of drug-likeness (QED) is 0.872. The lowest BCUT2D eigenvalue weighted by Crippen LogP contribution is -2.01. The van der Waals surface area contributed by atoms with Crippen molar-refractivity contribution >= 4 is 34.8 Å². The number of halogens is 3.